The maximum absolute atomic E-state index is 14.9. The summed E-state index contributed by atoms with van der Waals surface area (Å²) in [7, 11) is 6.00. The van der Waals surface area contributed by atoms with Crippen LogP contribution in [0.2, 0.25) is 0 Å². The summed E-state index contributed by atoms with van der Waals surface area (Å²) < 4.78 is 7.95. The highest BCUT2D eigenvalue weighted by Gasteiger charge is 2.33. The van der Waals surface area contributed by atoms with Gasteiger partial charge >= 0.3 is 6.09 Å². The summed E-state index contributed by atoms with van der Waals surface area (Å²) in [5, 5.41) is 0. The first kappa shape index (κ1) is 38.8. The van der Waals surface area contributed by atoms with Gasteiger partial charge in [0, 0.05) is 74.9 Å². The molecule has 0 saturated heterocycles. The second kappa shape index (κ2) is 17.1. The van der Waals surface area contributed by atoms with E-state index in [1.54, 1.807) is 4.90 Å². The summed E-state index contributed by atoms with van der Waals surface area (Å²) in [4.78, 5) is 50.3. The first-order chi connectivity index (χ1) is 26.0. The van der Waals surface area contributed by atoms with E-state index in [4.69, 9.17) is 4.74 Å². The third kappa shape index (κ3) is 8.41. The van der Waals surface area contributed by atoms with Gasteiger partial charge < -0.3 is 28.9 Å². The van der Waals surface area contributed by atoms with Gasteiger partial charge in [-0.05, 0) is 112 Å². The fourth-order valence-corrected chi connectivity index (χ4v) is 7.85. The Morgan fingerprint density at radius 2 is 1.56 bits per heavy atom. The minimum absolute atomic E-state index is 0.00370. The molecule has 2 aliphatic rings. The molecule has 0 unspecified atom stereocenters. The highest BCUT2D eigenvalue weighted by molar-refractivity contribution is 6.03. The number of unbranched alkanes of at least 4 members (excludes halogenated alkanes) is 2. The normalized spacial score (nSPS) is 15.2. The van der Waals surface area contributed by atoms with E-state index < -0.39 is 6.09 Å². The van der Waals surface area contributed by atoms with E-state index in [1.165, 1.54) is 5.56 Å². The summed E-state index contributed by atoms with van der Waals surface area (Å²) in [6.45, 7) is 12.0. The number of aromatic nitrogens is 1. The van der Waals surface area contributed by atoms with Gasteiger partial charge in [0.2, 0.25) is 0 Å². The standard InChI is InChI=1S/C45H57N5O4/c1-8-10-20-48(21-11-9-2)43(51)39-27-42(47(7)32(39)4)40-25-35-19-22-49(45(53)54-38-18-14-15-33(24-38)28-46(5)6)29-37(35)26-41(40)44(52)50-30-36-17-13-12-16-34(36)23-31(50)3/h12-18,24-27,31H,8-11,19-23,28-30H2,1-7H3/t31-/m1/s1. The van der Waals surface area contributed by atoms with Crippen molar-refractivity contribution in [2.45, 2.75) is 91.9 Å². The molecule has 9 heteroatoms. The molecule has 0 spiro atoms. The molecule has 0 aliphatic carbocycles. The van der Waals surface area contributed by atoms with Crippen molar-refractivity contribution >= 4 is 17.9 Å². The molecule has 6 rings (SSSR count). The van der Waals surface area contributed by atoms with Crippen LogP contribution in [0.5, 0.6) is 5.75 Å². The zero-order valence-corrected chi connectivity index (χ0v) is 33.3. The molecule has 0 saturated carbocycles. The number of carbonyl (C=O) groups is 3. The maximum atomic E-state index is 14.9. The van der Waals surface area contributed by atoms with Crippen LogP contribution in [0.15, 0.2) is 66.7 Å². The molecule has 3 aromatic carbocycles. The third-order valence-corrected chi connectivity index (χ3v) is 11.1. The van der Waals surface area contributed by atoms with Crippen LogP contribution in [0.1, 0.15) is 101 Å². The Labute approximate surface area is 321 Å². The van der Waals surface area contributed by atoms with Gasteiger partial charge in [-0.3, -0.25) is 9.59 Å². The monoisotopic (exact) mass is 731 g/mol. The lowest BCUT2D eigenvalue weighted by Crippen LogP contribution is -2.43. The van der Waals surface area contributed by atoms with Crippen LogP contribution in [0.25, 0.3) is 11.3 Å². The molecular weight excluding hydrogens is 675 g/mol. The SMILES string of the molecule is CCCCN(CCCC)C(=O)c1cc(-c2cc3c(cc2C(=O)N2Cc4ccccc4C[C@H]2C)CN(C(=O)Oc2cccc(CN(C)C)c2)CC3)n(C)c1C. The van der Waals surface area contributed by atoms with E-state index >= 15 is 0 Å². The van der Waals surface area contributed by atoms with Gasteiger partial charge in [0.1, 0.15) is 5.75 Å². The Bertz CT molecular complexity index is 1990. The summed E-state index contributed by atoms with van der Waals surface area (Å²) in [5.41, 5.74) is 9.34. The minimum Gasteiger partial charge on any atom is -0.410 e. The van der Waals surface area contributed by atoms with Gasteiger partial charge in [0.25, 0.3) is 11.8 Å². The van der Waals surface area contributed by atoms with Crippen molar-refractivity contribution in [1.82, 2.24) is 24.2 Å². The number of hydrogen-bond acceptors (Lipinski definition) is 5. The van der Waals surface area contributed by atoms with E-state index in [2.05, 4.69) is 54.5 Å². The number of benzene rings is 3. The van der Waals surface area contributed by atoms with Crippen molar-refractivity contribution in [3.8, 4) is 17.0 Å². The van der Waals surface area contributed by atoms with Gasteiger partial charge in [-0.25, -0.2) is 4.79 Å². The lowest BCUT2D eigenvalue weighted by atomic mass is 9.90. The quantitative estimate of drug-likeness (QED) is 0.147. The molecule has 0 fully saturated rings. The number of nitrogens with zero attached hydrogens (tertiary/aromatic N) is 5. The fraction of sp³-hybridized carbons (Fsp3) is 0.444. The summed E-state index contributed by atoms with van der Waals surface area (Å²) >= 11 is 0. The zero-order chi connectivity index (χ0) is 38.5. The molecule has 0 N–H and O–H groups in total. The Morgan fingerprint density at radius 3 is 2.26 bits per heavy atom. The smallest absolute Gasteiger partial charge is 0.410 e. The molecule has 4 aromatic rings. The molecule has 286 valence electrons. The van der Waals surface area contributed by atoms with Crippen molar-refractivity contribution in [2.75, 3.05) is 33.7 Å². The van der Waals surface area contributed by atoms with E-state index in [9.17, 15) is 14.4 Å². The second-order valence-corrected chi connectivity index (χ2v) is 15.4. The maximum Gasteiger partial charge on any atom is 0.415 e. The Hall–Kier alpha value is -4.89. The average molecular weight is 732 g/mol. The van der Waals surface area contributed by atoms with Crippen LogP contribution in [-0.2, 0) is 39.5 Å². The highest BCUT2D eigenvalue weighted by Crippen LogP contribution is 2.36. The van der Waals surface area contributed by atoms with Crippen molar-refractivity contribution < 1.29 is 19.1 Å². The van der Waals surface area contributed by atoms with Crippen LogP contribution in [0, 0.1) is 6.92 Å². The number of fused-ring (bicyclic) bond motifs is 2. The molecule has 3 heterocycles. The first-order valence-electron chi connectivity index (χ1n) is 19.7. The Balaban J connectivity index is 1.36. The first-order valence-corrected chi connectivity index (χ1v) is 19.7. The van der Waals surface area contributed by atoms with Crippen LogP contribution in [0.4, 0.5) is 4.79 Å². The highest BCUT2D eigenvalue weighted by atomic mass is 16.6. The van der Waals surface area contributed by atoms with Gasteiger partial charge in [0.05, 0.1) is 5.56 Å². The zero-order valence-electron chi connectivity index (χ0n) is 33.3. The van der Waals surface area contributed by atoms with Crippen LogP contribution < -0.4 is 4.74 Å². The second-order valence-electron chi connectivity index (χ2n) is 15.4. The van der Waals surface area contributed by atoms with Crippen LogP contribution >= 0.6 is 0 Å². The minimum atomic E-state index is -0.405. The largest absolute Gasteiger partial charge is 0.415 e. The molecule has 9 nitrogen and oxygen atoms in total. The van der Waals surface area contributed by atoms with Crippen LogP contribution in [-0.4, -0.2) is 81.8 Å². The van der Waals surface area contributed by atoms with Crippen molar-refractivity contribution in [3.05, 3.63) is 111 Å². The Kier molecular flexibility index (Phi) is 12.3. The van der Waals surface area contributed by atoms with E-state index in [0.29, 0.717) is 42.9 Å². The van der Waals surface area contributed by atoms with Gasteiger partial charge in [-0.2, -0.15) is 0 Å². The molecule has 2 aliphatic heterocycles. The molecule has 54 heavy (non-hydrogen) atoms. The summed E-state index contributed by atoms with van der Waals surface area (Å²) in [6.07, 6.45) is 4.96. The van der Waals surface area contributed by atoms with Gasteiger partial charge in [-0.1, -0.05) is 63.1 Å². The lowest BCUT2D eigenvalue weighted by molar-refractivity contribution is 0.0658. The van der Waals surface area contributed by atoms with E-state index in [-0.39, 0.29) is 17.9 Å². The predicted molar refractivity (Wildman–Crippen MR) is 215 cm³/mol. The van der Waals surface area contributed by atoms with E-state index in [1.807, 2.05) is 80.3 Å². The number of hydrogen-bond donors (Lipinski definition) is 0. The molecule has 0 bridgehead atoms. The van der Waals surface area contributed by atoms with E-state index in [0.717, 1.165) is 90.9 Å². The van der Waals surface area contributed by atoms with Crippen LogP contribution in [0.3, 0.4) is 0 Å². The van der Waals surface area contributed by atoms with Gasteiger partial charge in [-0.15, -0.1) is 0 Å². The van der Waals surface area contributed by atoms with Crippen molar-refractivity contribution in [1.29, 1.82) is 0 Å². The molecule has 0 radical (unpaired) electrons. The topological polar surface area (TPSA) is 78.3 Å². The Morgan fingerprint density at radius 1 is 0.833 bits per heavy atom. The molecule has 3 amide bonds. The number of carbonyl (C=O) groups excluding carboxylic acids is 3. The molecule has 1 atom stereocenters. The summed E-state index contributed by atoms with van der Waals surface area (Å²) in [6, 6.07) is 22.1. The third-order valence-electron chi connectivity index (χ3n) is 11.1. The lowest BCUT2D eigenvalue weighted by Gasteiger charge is -2.36. The number of ether oxygens (including phenoxy) is 1. The van der Waals surface area contributed by atoms with Crippen molar-refractivity contribution in [2.24, 2.45) is 7.05 Å². The van der Waals surface area contributed by atoms with Gasteiger partial charge in [0.15, 0.2) is 0 Å². The number of amides is 3. The average Bonchev–Trinajstić information content (AvgIpc) is 3.46. The fourth-order valence-electron chi connectivity index (χ4n) is 7.85. The van der Waals surface area contributed by atoms with Crippen molar-refractivity contribution in [3.63, 3.8) is 0 Å². The predicted octanol–water partition coefficient (Wildman–Crippen LogP) is 8.25. The molecule has 1 aromatic heterocycles. The molecular formula is C45H57N5O4. The summed E-state index contributed by atoms with van der Waals surface area (Å²) in [5.74, 6) is 0.513. The number of rotatable bonds is 12.